The average molecular weight is 450 g/mol. The summed E-state index contributed by atoms with van der Waals surface area (Å²) in [6, 6.07) is 12.7. The van der Waals surface area contributed by atoms with E-state index in [-0.39, 0.29) is 18.9 Å². The number of esters is 1. The lowest BCUT2D eigenvalue weighted by Gasteiger charge is -2.35. The molecule has 0 aliphatic heterocycles. The topological polar surface area (TPSA) is 82.1 Å². The predicted octanol–water partition coefficient (Wildman–Crippen LogP) is 4.34. The molecule has 0 N–H and O–H groups in total. The van der Waals surface area contributed by atoms with E-state index in [1.807, 2.05) is 36.4 Å². The molecular formula is C23H35NO6Si. The van der Waals surface area contributed by atoms with E-state index in [0.29, 0.717) is 13.1 Å². The highest BCUT2D eigenvalue weighted by Gasteiger charge is 2.33. The summed E-state index contributed by atoms with van der Waals surface area (Å²) in [6.45, 7) is 7.37. The summed E-state index contributed by atoms with van der Waals surface area (Å²) < 4.78 is 14.4. The molecule has 0 radical (unpaired) electrons. The second kappa shape index (κ2) is 13.6. The molecule has 8 heteroatoms. The zero-order valence-corrected chi connectivity index (χ0v) is 20.3. The Balaban J connectivity index is 3.25. The van der Waals surface area contributed by atoms with Crippen LogP contribution in [0.4, 0.5) is 4.79 Å². The van der Waals surface area contributed by atoms with E-state index in [2.05, 4.69) is 25.5 Å². The van der Waals surface area contributed by atoms with E-state index < -0.39 is 20.2 Å². The molecule has 1 amide bonds. The van der Waals surface area contributed by atoms with Crippen molar-refractivity contribution in [1.82, 2.24) is 4.90 Å². The van der Waals surface area contributed by atoms with E-state index in [1.54, 1.807) is 4.90 Å². The Morgan fingerprint density at radius 1 is 0.968 bits per heavy atom. The highest BCUT2D eigenvalue weighted by Crippen LogP contribution is 2.30. The Labute approximate surface area is 186 Å². The van der Waals surface area contributed by atoms with E-state index >= 15 is 0 Å². The summed E-state index contributed by atoms with van der Waals surface area (Å²) in [6.07, 6.45) is 0.868. The molecule has 0 bridgehead atoms. The fourth-order valence-electron chi connectivity index (χ4n) is 3.70. The summed E-state index contributed by atoms with van der Waals surface area (Å²) in [5, 5.41) is 1.14. The number of nitrogens with zero attached hydrogens (tertiary/aromatic N) is 1. The largest absolute Gasteiger partial charge is 0.508 e. The highest BCUT2D eigenvalue weighted by atomic mass is 28.3. The summed E-state index contributed by atoms with van der Waals surface area (Å²) >= 11 is 0. The van der Waals surface area contributed by atoms with Crippen LogP contribution in [0.1, 0.15) is 32.8 Å². The number of carbonyl (C=O) groups is 3. The van der Waals surface area contributed by atoms with Gasteiger partial charge in [-0.1, -0.05) is 74.4 Å². The monoisotopic (exact) mass is 449 g/mol. The maximum atomic E-state index is 13.0. The van der Waals surface area contributed by atoms with Crippen LogP contribution in [-0.2, 0) is 30.3 Å². The molecule has 1 aromatic rings. The van der Waals surface area contributed by atoms with Crippen LogP contribution in [0.25, 0.3) is 0 Å². The molecule has 1 aromatic carbocycles. The fourth-order valence-corrected chi connectivity index (χ4v) is 7.60. The first-order valence-corrected chi connectivity index (χ1v) is 13.3. The lowest BCUT2D eigenvalue weighted by Crippen LogP contribution is -2.43. The summed E-state index contributed by atoms with van der Waals surface area (Å²) in [5.74, 6) is -0.853. The molecule has 0 spiro atoms. The Morgan fingerprint density at radius 3 is 2.10 bits per heavy atom. The number of amides is 1. The van der Waals surface area contributed by atoms with Gasteiger partial charge in [0.15, 0.2) is 0 Å². The summed E-state index contributed by atoms with van der Waals surface area (Å²) in [7, 11) is 0.656. The average Bonchev–Trinajstić information content (AvgIpc) is 2.80. The van der Waals surface area contributed by atoms with E-state index in [9.17, 15) is 14.4 Å². The smallest absolute Gasteiger partial charge is 0.469 e. The zero-order valence-electron chi connectivity index (χ0n) is 19.3. The second-order valence-electron chi connectivity index (χ2n) is 7.32. The number of benzene rings is 1. The van der Waals surface area contributed by atoms with E-state index in [0.717, 1.165) is 28.9 Å². The van der Waals surface area contributed by atoms with Crippen LogP contribution in [0.5, 0.6) is 0 Å². The predicted molar refractivity (Wildman–Crippen MR) is 122 cm³/mol. The van der Waals surface area contributed by atoms with Crippen molar-refractivity contribution in [2.75, 3.05) is 27.4 Å². The third-order valence-corrected chi connectivity index (χ3v) is 11.6. The first-order chi connectivity index (χ1) is 14.8. The van der Waals surface area contributed by atoms with Gasteiger partial charge in [0.05, 0.1) is 22.3 Å². The van der Waals surface area contributed by atoms with Gasteiger partial charge in [0, 0.05) is 13.1 Å². The molecule has 1 rings (SSSR count). The van der Waals surface area contributed by atoms with Crippen LogP contribution in [-0.4, -0.2) is 58.4 Å². The third kappa shape index (κ3) is 8.20. The molecular weight excluding hydrogens is 414 g/mol. The van der Waals surface area contributed by atoms with Crippen molar-refractivity contribution in [3.05, 3.63) is 47.2 Å². The SMILES string of the molecule is CC[Si](CC)(CC)/C(=C\COC(=O)OC)CN(Cc1ccccc1)C(=O)CC(=O)OC. The summed E-state index contributed by atoms with van der Waals surface area (Å²) in [4.78, 5) is 37.8. The molecule has 0 aliphatic carbocycles. The van der Waals surface area contributed by atoms with Gasteiger partial charge in [-0.25, -0.2) is 4.79 Å². The molecule has 0 saturated heterocycles. The van der Waals surface area contributed by atoms with Crippen LogP contribution < -0.4 is 0 Å². The van der Waals surface area contributed by atoms with E-state index in [1.165, 1.54) is 14.2 Å². The van der Waals surface area contributed by atoms with Gasteiger partial charge in [-0.15, -0.1) is 0 Å². The van der Waals surface area contributed by atoms with Crippen LogP contribution in [0.2, 0.25) is 18.1 Å². The molecule has 0 saturated carbocycles. The minimum absolute atomic E-state index is 0.0845. The van der Waals surface area contributed by atoms with Crippen molar-refractivity contribution < 1.29 is 28.6 Å². The maximum absolute atomic E-state index is 13.0. The number of rotatable bonds is 12. The van der Waals surface area contributed by atoms with Crippen molar-refractivity contribution in [2.24, 2.45) is 0 Å². The maximum Gasteiger partial charge on any atom is 0.508 e. The fraction of sp³-hybridized carbons (Fsp3) is 0.522. The van der Waals surface area contributed by atoms with Gasteiger partial charge in [-0.3, -0.25) is 9.59 Å². The molecule has 0 heterocycles. The summed E-state index contributed by atoms with van der Waals surface area (Å²) in [5.41, 5.74) is 0.975. The van der Waals surface area contributed by atoms with Gasteiger partial charge in [0.2, 0.25) is 5.91 Å². The molecule has 31 heavy (non-hydrogen) atoms. The van der Waals surface area contributed by atoms with Gasteiger partial charge in [0.1, 0.15) is 13.0 Å². The minimum Gasteiger partial charge on any atom is -0.469 e. The Hall–Kier alpha value is -2.61. The molecule has 172 valence electrons. The van der Waals surface area contributed by atoms with E-state index in [4.69, 9.17) is 9.47 Å². The molecule has 0 aromatic heterocycles. The molecule has 0 aliphatic rings. The van der Waals surface area contributed by atoms with Crippen molar-refractivity contribution in [2.45, 2.75) is 51.9 Å². The first-order valence-electron chi connectivity index (χ1n) is 10.6. The molecule has 7 nitrogen and oxygen atoms in total. The van der Waals surface area contributed by atoms with Gasteiger partial charge < -0.3 is 19.1 Å². The first kappa shape index (κ1) is 26.4. The standard InChI is InChI=1S/C23H35NO6Si/c1-6-31(7-2,8-3)20(14-15-30-23(27)29-5)18-24(21(25)16-22(26)28-4)17-19-12-10-9-11-13-19/h9-14H,6-8,15-18H2,1-5H3/b20-14-. The van der Waals surface area contributed by atoms with Crippen LogP contribution in [0, 0.1) is 0 Å². The number of carbonyl (C=O) groups excluding carboxylic acids is 3. The molecule has 0 unspecified atom stereocenters. The van der Waals surface area contributed by atoms with Crippen molar-refractivity contribution in [3.63, 3.8) is 0 Å². The van der Waals surface area contributed by atoms with Crippen LogP contribution in [0.3, 0.4) is 0 Å². The Bertz CT molecular complexity index is 737. The number of hydrogen-bond acceptors (Lipinski definition) is 6. The van der Waals surface area contributed by atoms with Gasteiger partial charge in [-0.2, -0.15) is 0 Å². The second-order valence-corrected chi connectivity index (χ2v) is 12.6. The molecule has 0 atom stereocenters. The normalized spacial score (nSPS) is 11.6. The molecule has 0 fully saturated rings. The van der Waals surface area contributed by atoms with Crippen molar-refractivity contribution in [3.8, 4) is 0 Å². The van der Waals surface area contributed by atoms with Crippen LogP contribution in [0.15, 0.2) is 41.6 Å². The van der Waals surface area contributed by atoms with Gasteiger partial charge >= 0.3 is 12.1 Å². The van der Waals surface area contributed by atoms with Crippen molar-refractivity contribution >= 4 is 26.1 Å². The number of ether oxygens (including phenoxy) is 3. The lowest BCUT2D eigenvalue weighted by atomic mass is 10.2. The van der Waals surface area contributed by atoms with Gasteiger partial charge in [0.25, 0.3) is 0 Å². The zero-order chi connectivity index (χ0) is 23.3. The number of hydrogen-bond donors (Lipinski definition) is 0. The minimum atomic E-state index is -1.88. The highest BCUT2D eigenvalue weighted by molar-refractivity contribution is 6.86. The quantitative estimate of drug-likeness (QED) is 0.268. The van der Waals surface area contributed by atoms with Gasteiger partial charge in [-0.05, 0) is 11.6 Å². The Kier molecular flexibility index (Phi) is 11.6. The van der Waals surface area contributed by atoms with Crippen LogP contribution >= 0.6 is 0 Å². The lowest BCUT2D eigenvalue weighted by molar-refractivity contribution is -0.146. The third-order valence-electron chi connectivity index (χ3n) is 5.86. The van der Waals surface area contributed by atoms with Crippen molar-refractivity contribution in [1.29, 1.82) is 0 Å². The number of methoxy groups -OCH3 is 2. The Morgan fingerprint density at radius 2 is 1.58 bits per heavy atom.